The molecule has 0 aromatic heterocycles. The van der Waals surface area contributed by atoms with E-state index in [1.54, 1.807) is 0 Å². The summed E-state index contributed by atoms with van der Waals surface area (Å²) in [5, 5.41) is 13.6. The van der Waals surface area contributed by atoms with Crippen molar-refractivity contribution in [2.45, 2.75) is 25.0 Å². The van der Waals surface area contributed by atoms with Crippen LogP contribution in [0.5, 0.6) is 0 Å². The molecule has 3 aromatic rings. The maximum absolute atomic E-state index is 13.0. The van der Waals surface area contributed by atoms with E-state index >= 15 is 0 Å². The fourth-order valence-electron chi connectivity index (χ4n) is 3.61. The molecule has 1 aliphatic carbocycles. The van der Waals surface area contributed by atoms with Crippen LogP contribution in [0.3, 0.4) is 0 Å². The zero-order chi connectivity index (χ0) is 18.8. The molecule has 1 amide bonds. The Labute approximate surface area is 157 Å². The fourth-order valence-corrected chi connectivity index (χ4v) is 3.61. The van der Waals surface area contributed by atoms with Crippen molar-refractivity contribution in [3.63, 3.8) is 0 Å². The van der Waals surface area contributed by atoms with Gasteiger partial charge in [0.1, 0.15) is 11.9 Å². The number of hydrogen-bond donors (Lipinski definition) is 2. The summed E-state index contributed by atoms with van der Waals surface area (Å²) >= 11 is 0. The van der Waals surface area contributed by atoms with E-state index in [9.17, 15) is 14.3 Å². The van der Waals surface area contributed by atoms with Gasteiger partial charge in [0.2, 0.25) is 0 Å². The average molecular weight is 361 g/mol. The molecule has 27 heavy (non-hydrogen) atoms. The number of nitrogens with one attached hydrogen (secondary N) is 1. The molecule has 2 atom stereocenters. The standard InChI is InChI=1S/C23H20FNO2/c24-20-10-8-16(9-11-20)23(27)25-21-13-17-6-7-18(12-19(17)14-21)22(26)15-4-2-1-3-5-15/h1-12,21-22,26H,13-14H2,(H,25,27). The molecule has 3 aromatic carbocycles. The summed E-state index contributed by atoms with van der Waals surface area (Å²) in [5.74, 6) is -0.554. The van der Waals surface area contributed by atoms with Gasteiger partial charge < -0.3 is 10.4 Å². The first kappa shape index (κ1) is 17.4. The smallest absolute Gasteiger partial charge is 0.251 e. The molecule has 0 aliphatic heterocycles. The molecule has 136 valence electrons. The number of halogens is 1. The van der Waals surface area contributed by atoms with Gasteiger partial charge in [0.15, 0.2) is 0 Å². The fraction of sp³-hybridized carbons (Fsp3) is 0.174. The zero-order valence-electron chi connectivity index (χ0n) is 14.7. The van der Waals surface area contributed by atoms with Gasteiger partial charge in [-0.2, -0.15) is 0 Å². The quantitative estimate of drug-likeness (QED) is 0.743. The van der Waals surface area contributed by atoms with Crippen LogP contribution in [0.25, 0.3) is 0 Å². The lowest BCUT2D eigenvalue weighted by Crippen LogP contribution is -2.35. The summed E-state index contributed by atoms with van der Waals surface area (Å²) in [4.78, 5) is 12.3. The second-order valence-corrected chi connectivity index (χ2v) is 6.93. The van der Waals surface area contributed by atoms with E-state index in [1.165, 1.54) is 29.8 Å². The highest BCUT2D eigenvalue weighted by atomic mass is 19.1. The van der Waals surface area contributed by atoms with Crippen LogP contribution in [0.4, 0.5) is 4.39 Å². The number of benzene rings is 3. The SMILES string of the molecule is O=C(NC1Cc2ccc(C(O)c3ccccc3)cc2C1)c1ccc(F)cc1. The second-order valence-electron chi connectivity index (χ2n) is 6.93. The van der Waals surface area contributed by atoms with Crippen molar-refractivity contribution < 1.29 is 14.3 Å². The summed E-state index contributed by atoms with van der Waals surface area (Å²) < 4.78 is 13.0. The molecular formula is C23H20FNO2. The van der Waals surface area contributed by atoms with E-state index in [4.69, 9.17) is 0 Å². The van der Waals surface area contributed by atoms with Crippen molar-refractivity contribution in [1.82, 2.24) is 5.32 Å². The molecule has 3 nitrogen and oxygen atoms in total. The first-order chi connectivity index (χ1) is 13.1. The molecule has 1 aliphatic rings. The highest BCUT2D eigenvalue weighted by Crippen LogP contribution is 2.28. The molecule has 0 saturated carbocycles. The second kappa shape index (κ2) is 7.33. The number of hydrogen-bond acceptors (Lipinski definition) is 2. The molecule has 0 fully saturated rings. The Morgan fingerprint density at radius 3 is 2.37 bits per heavy atom. The van der Waals surface area contributed by atoms with E-state index in [2.05, 4.69) is 5.32 Å². The molecular weight excluding hydrogens is 341 g/mol. The number of rotatable bonds is 4. The maximum atomic E-state index is 13.0. The van der Waals surface area contributed by atoms with Gasteiger partial charge in [-0.15, -0.1) is 0 Å². The Kier molecular flexibility index (Phi) is 4.73. The Bertz CT molecular complexity index is 954. The minimum absolute atomic E-state index is 0.00155. The largest absolute Gasteiger partial charge is 0.384 e. The van der Waals surface area contributed by atoms with Crippen LogP contribution in [0, 0.1) is 5.82 Å². The molecule has 0 radical (unpaired) electrons. The van der Waals surface area contributed by atoms with E-state index in [1.807, 2.05) is 48.5 Å². The van der Waals surface area contributed by atoms with E-state index in [0.29, 0.717) is 5.56 Å². The lowest BCUT2D eigenvalue weighted by molar-refractivity contribution is 0.0938. The van der Waals surface area contributed by atoms with Gasteiger partial charge in [0.25, 0.3) is 5.91 Å². The third-order valence-corrected chi connectivity index (χ3v) is 5.04. The van der Waals surface area contributed by atoms with Gasteiger partial charge in [0, 0.05) is 11.6 Å². The molecule has 0 spiro atoms. The Morgan fingerprint density at radius 2 is 1.63 bits per heavy atom. The minimum atomic E-state index is -0.663. The number of fused-ring (bicyclic) bond motifs is 1. The first-order valence-corrected chi connectivity index (χ1v) is 9.01. The van der Waals surface area contributed by atoms with E-state index in [-0.39, 0.29) is 17.8 Å². The summed E-state index contributed by atoms with van der Waals surface area (Å²) in [6, 6.07) is 21.1. The topological polar surface area (TPSA) is 49.3 Å². The Morgan fingerprint density at radius 1 is 0.926 bits per heavy atom. The van der Waals surface area contributed by atoms with Crippen LogP contribution in [0.2, 0.25) is 0 Å². The van der Waals surface area contributed by atoms with Crippen molar-refractivity contribution in [1.29, 1.82) is 0 Å². The van der Waals surface area contributed by atoms with Gasteiger partial charge in [-0.3, -0.25) is 4.79 Å². The molecule has 0 saturated heterocycles. The lowest BCUT2D eigenvalue weighted by Gasteiger charge is -2.13. The van der Waals surface area contributed by atoms with Crippen LogP contribution >= 0.6 is 0 Å². The van der Waals surface area contributed by atoms with Crippen LogP contribution in [0.1, 0.15) is 38.7 Å². The lowest BCUT2D eigenvalue weighted by atomic mass is 9.98. The van der Waals surface area contributed by atoms with Crippen LogP contribution < -0.4 is 5.32 Å². The van der Waals surface area contributed by atoms with Gasteiger partial charge in [-0.1, -0.05) is 48.5 Å². The van der Waals surface area contributed by atoms with Crippen molar-refractivity contribution in [3.05, 3.63) is 106 Å². The number of carbonyl (C=O) groups excluding carboxylic acids is 1. The normalized spacial score (nSPS) is 16.6. The third kappa shape index (κ3) is 3.76. The number of aliphatic hydroxyl groups excluding tert-OH is 1. The maximum Gasteiger partial charge on any atom is 0.251 e. The van der Waals surface area contributed by atoms with Crippen molar-refractivity contribution in [2.75, 3.05) is 0 Å². The molecule has 2 unspecified atom stereocenters. The highest BCUT2D eigenvalue weighted by Gasteiger charge is 2.24. The third-order valence-electron chi connectivity index (χ3n) is 5.04. The highest BCUT2D eigenvalue weighted by molar-refractivity contribution is 5.94. The van der Waals surface area contributed by atoms with E-state index in [0.717, 1.165) is 29.5 Å². The van der Waals surface area contributed by atoms with Gasteiger partial charge >= 0.3 is 0 Å². The van der Waals surface area contributed by atoms with Gasteiger partial charge in [-0.05, 0) is 59.4 Å². The molecule has 0 bridgehead atoms. The van der Waals surface area contributed by atoms with Gasteiger partial charge in [-0.25, -0.2) is 4.39 Å². The van der Waals surface area contributed by atoms with Crippen LogP contribution in [0.15, 0.2) is 72.8 Å². The predicted molar refractivity (Wildman–Crippen MR) is 102 cm³/mol. The molecule has 4 heteroatoms. The average Bonchev–Trinajstić information content (AvgIpc) is 3.10. The summed E-state index contributed by atoms with van der Waals surface area (Å²) in [5.41, 5.74) is 4.49. The van der Waals surface area contributed by atoms with Crippen LogP contribution in [-0.4, -0.2) is 17.1 Å². The molecule has 4 rings (SSSR count). The van der Waals surface area contributed by atoms with Gasteiger partial charge in [0.05, 0.1) is 0 Å². The monoisotopic (exact) mass is 361 g/mol. The van der Waals surface area contributed by atoms with Crippen LogP contribution in [-0.2, 0) is 12.8 Å². The number of carbonyl (C=O) groups is 1. The molecule has 2 N–H and O–H groups in total. The predicted octanol–water partition coefficient (Wildman–Crippen LogP) is 3.80. The number of aliphatic hydroxyl groups is 1. The number of amides is 1. The zero-order valence-corrected chi connectivity index (χ0v) is 14.7. The summed E-state index contributed by atoms with van der Waals surface area (Å²) in [6.07, 6.45) is 0.811. The van der Waals surface area contributed by atoms with Crippen molar-refractivity contribution in [3.8, 4) is 0 Å². The Balaban J connectivity index is 1.46. The first-order valence-electron chi connectivity index (χ1n) is 9.01. The summed E-state index contributed by atoms with van der Waals surface area (Å²) in [6.45, 7) is 0. The van der Waals surface area contributed by atoms with E-state index < -0.39 is 6.10 Å². The summed E-state index contributed by atoms with van der Waals surface area (Å²) in [7, 11) is 0. The Hall–Kier alpha value is -2.98. The van der Waals surface area contributed by atoms with Crippen molar-refractivity contribution in [2.24, 2.45) is 0 Å². The molecule has 0 heterocycles. The van der Waals surface area contributed by atoms with Crippen molar-refractivity contribution >= 4 is 5.91 Å². The minimum Gasteiger partial charge on any atom is -0.384 e.